The number of aromatic nitrogens is 1. The number of hydrogen-bond acceptors (Lipinski definition) is 9. The summed E-state index contributed by atoms with van der Waals surface area (Å²) in [7, 11) is 1.31. The number of nitrogens with zero attached hydrogens (tertiary/aromatic N) is 1. The first-order valence-corrected chi connectivity index (χ1v) is 13.8. The number of methoxy groups -OCH3 is 1. The summed E-state index contributed by atoms with van der Waals surface area (Å²) >= 11 is 1.86. The third-order valence-corrected chi connectivity index (χ3v) is 9.02. The number of para-hydroxylation sites is 1. The number of H-pyrrole nitrogens is 1. The molecular weight excluding hydrogens is 603 g/mol. The van der Waals surface area contributed by atoms with Gasteiger partial charge in [-0.1, -0.05) is 41.3 Å². The molecule has 3 aromatic rings. The smallest absolute Gasteiger partial charge is 0.418 e. The van der Waals surface area contributed by atoms with Gasteiger partial charge in [0.25, 0.3) is 5.91 Å². The fourth-order valence-corrected chi connectivity index (χ4v) is 7.43. The van der Waals surface area contributed by atoms with Crippen molar-refractivity contribution < 1.29 is 46.9 Å². The fraction of sp³-hybridized carbons (Fsp3) is 0.269. The van der Waals surface area contributed by atoms with E-state index in [1.165, 1.54) is 37.4 Å². The van der Waals surface area contributed by atoms with Crippen molar-refractivity contribution in [2.24, 2.45) is 5.92 Å². The van der Waals surface area contributed by atoms with Gasteiger partial charge in [0, 0.05) is 10.8 Å². The van der Waals surface area contributed by atoms with Gasteiger partial charge in [-0.05, 0) is 29.8 Å². The molecule has 2 aromatic carbocycles. The Balaban J connectivity index is 1.40. The number of aliphatic carboxylic acids is 1. The van der Waals surface area contributed by atoms with Crippen LogP contribution in [0.3, 0.4) is 0 Å². The predicted molar refractivity (Wildman–Crippen MR) is 143 cm³/mol. The lowest BCUT2D eigenvalue weighted by Gasteiger charge is -2.30. The molecule has 0 bridgehead atoms. The largest absolute Gasteiger partial charge is 0.493 e. The van der Waals surface area contributed by atoms with Gasteiger partial charge in [-0.3, -0.25) is 28.9 Å². The molecule has 0 aliphatic carbocycles. The van der Waals surface area contributed by atoms with Crippen molar-refractivity contribution in [3.63, 3.8) is 0 Å². The Labute approximate surface area is 242 Å². The Hall–Kier alpha value is -4.31. The van der Waals surface area contributed by atoms with E-state index in [2.05, 4.69) is 10.3 Å². The van der Waals surface area contributed by atoms with Crippen molar-refractivity contribution in [3.8, 4) is 11.5 Å². The van der Waals surface area contributed by atoms with Crippen molar-refractivity contribution >= 4 is 52.5 Å². The van der Waals surface area contributed by atoms with Crippen LogP contribution in [0, 0.1) is 5.92 Å². The SMILES string of the molecule is COc1cc([C@@H]2c3sc(=O)[nH]c3SC3C(=O)N(CC(=O)O)C(=O)C32)ccc1OCC(=O)Nc1ccccc1C(F)(F)F. The summed E-state index contributed by atoms with van der Waals surface area (Å²) < 4.78 is 50.7. The summed E-state index contributed by atoms with van der Waals surface area (Å²) in [4.78, 5) is 65.7. The second kappa shape index (κ2) is 11.2. The highest BCUT2D eigenvalue weighted by atomic mass is 32.2. The summed E-state index contributed by atoms with van der Waals surface area (Å²) in [6.07, 6.45) is -4.68. The van der Waals surface area contributed by atoms with Gasteiger partial charge in [-0.2, -0.15) is 13.2 Å². The maximum atomic E-state index is 13.3. The maximum Gasteiger partial charge on any atom is 0.418 e. The Kier molecular flexibility index (Phi) is 7.76. The lowest BCUT2D eigenvalue weighted by atomic mass is 9.83. The number of carbonyl (C=O) groups is 4. The van der Waals surface area contributed by atoms with Gasteiger partial charge in [0.2, 0.25) is 11.8 Å². The minimum Gasteiger partial charge on any atom is -0.493 e. The molecule has 220 valence electrons. The van der Waals surface area contributed by atoms with E-state index in [9.17, 15) is 42.3 Å². The normalized spacial score (nSPS) is 19.7. The van der Waals surface area contributed by atoms with Crippen LogP contribution < -0.4 is 19.7 Å². The molecule has 1 saturated heterocycles. The summed E-state index contributed by atoms with van der Waals surface area (Å²) in [5.41, 5.74) is -0.995. The van der Waals surface area contributed by atoms with Crippen LogP contribution in [0.15, 0.2) is 52.3 Å². The van der Waals surface area contributed by atoms with Crippen molar-refractivity contribution in [1.82, 2.24) is 9.88 Å². The quantitative estimate of drug-likeness (QED) is 0.321. The first-order chi connectivity index (χ1) is 19.9. The van der Waals surface area contributed by atoms with E-state index >= 15 is 0 Å². The molecule has 3 amide bonds. The Morgan fingerprint density at radius 1 is 1.10 bits per heavy atom. The number of aromatic amines is 1. The van der Waals surface area contributed by atoms with Crippen LogP contribution in [0.25, 0.3) is 0 Å². The third kappa shape index (κ3) is 5.46. The number of likely N-dealkylation sites (tertiary alicyclic amines) is 1. The highest BCUT2D eigenvalue weighted by Gasteiger charge is 2.56. The number of nitrogens with one attached hydrogen (secondary N) is 2. The van der Waals surface area contributed by atoms with Crippen molar-refractivity contribution in [2.45, 2.75) is 22.4 Å². The lowest BCUT2D eigenvalue weighted by Crippen LogP contribution is -2.36. The molecule has 0 saturated carbocycles. The molecule has 2 aliphatic heterocycles. The predicted octanol–water partition coefficient (Wildman–Crippen LogP) is 3.16. The number of thiazole rings is 1. The van der Waals surface area contributed by atoms with Crippen molar-refractivity contribution in [2.75, 3.05) is 25.6 Å². The number of carbonyl (C=O) groups excluding carboxylic acids is 3. The number of anilines is 1. The molecule has 11 nitrogen and oxygen atoms in total. The molecule has 0 spiro atoms. The number of halogens is 3. The topological polar surface area (TPSA) is 155 Å². The van der Waals surface area contributed by atoms with Crippen LogP contribution in [0.5, 0.6) is 11.5 Å². The van der Waals surface area contributed by atoms with E-state index < -0.39 is 76.2 Å². The molecule has 0 radical (unpaired) electrons. The number of carboxylic acids is 1. The second-order valence-corrected chi connectivity index (χ2v) is 11.4. The molecular formula is C26H20F3N3O8S2. The van der Waals surface area contributed by atoms with E-state index in [-0.39, 0.29) is 11.5 Å². The summed E-state index contributed by atoms with van der Waals surface area (Å²) in [5, 5.41) is 10.8. The molecule has 3 N–H and O–H groups in total. The van der Waals surface area contributed by atoms with Gasteiger partial charge >= 0.3 is 17.0 Å². The van der Waals surface area contributed by atoms with E-state index in [1.807, 2.05) is 0 Å². The van der Waals surface area contributed by atoms with Crippen LogP contribution >= 0.6 is 23.1 Å². The molecule has 2 unspecified atom stereocenters. The van der Waals surface area contributed by atoms with Crippen LogP contribution in [0.1, 0.15) is 21.9 Å². The first-order valence-electron chi connectivity index (χ1n) is 12.1. The zero-order chi connectivity index (χ0) is 30.3. The van der Waals surface area contributed by atoms with E-state index in [4.69, 9.17) is 9.47 Å². The number of thioether (sulfide) groups is 1. The number of rotatable bonds is 8. The number of imide groups is 1. The molecule has 42 heavy (non-hydrogen) atoms. The highest BCUT2D eigenvalue weighted by molar-refractivity contribution is 8.00. The zero-order valence-electron chi connectivity index (χ0n) is 21.4. The number of amides is 3. The van der Waals surface area contributed by atoms with Crippen LogP contribution in [-0.4, -0.2) is 64.2 Å². The number of fused-ring (bicyclic) bond motifs is 2. The summed E-state index contributed by atoms with van der Waals surface area (Å²) in [6, 6.07) is 8.95. The number of carboxylic acid groups (broad SMARTS) is 1. The molecule has 1 aromatic heterocycles. The number of ether oxygens (including phenoxy) is 2. The fourth-order valence-electron chi connectivity index (χ4n) is 4.89. The van der Waals surface area contributed by atoms with E-state index in [0.29, 0.717) is 20.4 Å². The zero-order valence-corrected chi connectivity index (χ0v) is 23.0. The molecule has 2 aliphatic rings. The van der Waals surface area contributed by atoms with Gasteiger partial charge < -0.3 is 24.9 Å². The van der Waals surface area contributed by atoms with E-state index in [0.717, 1.165) is 35.2 Å². The molecule has 1 fully saturated rings. The number of benzene rings is 2. The molecule has 3 heterocycles. The van der Waals surface area contributed by atoms with Gasteiger partial charge in [0.15, 0.2) is 18.1 Å². The number of alkyl halides is 3. The van der Waals surface area contributed by atoms with Crippen LogP contribution in [0.2, 0.25) is 0 Å². The van der Waals surface area contributed by atoms with Crippen LogP contribution in [0.4, 0.5) is 18.9 Å². The molecule has 3 atom stereocenters. The lowest BCUT2D eigenvalue weighted by molar-refractivity contribution is -0.149. The highest BCUT2D eigenvalue weighted by Crippen LogP contribution is 2.53. The van der Waals surface area contributed by atoms with Gasteiger partial charge in [0.1, 0.15) is 11.8 Å². The standard InChI is InChI=1S/C26H20F3N3O8S2/c1-39-15-8-11(6-7-14(15)40-10-16(33)30-13-5-3-2-4-12(13)26(27,28)29)18-19-21(41-22-20(18)42-25(38)31-22)24(37)32(23(19)36)9-17(34)35/h2-8,18-19,21H,9-10H2,1H3,(H,30,33)(H,31,38)(H,34,35)/t18-,19?,21?/m0/s1. The summed E-state index contributed by atoms with van der Waals surface area (Å²) in [5.74, 6) is -5.22. The molecule has 16 heteroatoms. The second-order valence-electron chi connectivity index (χ2n) is 9.20. The van der Waals surface area contributed by atoms with Crippen molar-refractivity contribution in [3.05, 3.63) is 68.1 Å². The van der Waals surface area contributed by atoms with Crippen LogP contribution in [-0.2, 0) is 25.4 Å². The third-order valence-electron chi connectivity index (χ3n) is 6.62. The Morgan fingerprint density at radius 2 is 1.83 bits per heavy atom. The minimum absolute atomic E-state index is 0.0612. The average molecular weight is 624 g/mol. The van der Waals surface area contributed by atoms with Crippen molar-refractivity contribution in [1.29, 1.82) is 0 Å². The van der Waals surface area contributed by atoms with Gasteiger partial charge in [-0.25, -0.2) is 0 Å². The van der Waals surface area contributed by atoms with Gasteiger partial charge in [0.05, 0.1) is 29.3 Å². The van der Waals surface area contributed by atoms with Gasteiger partial charge in [-0.15, -0.1) is 0 Å². The molecule has 5 rings (SSSR count). The first kappa shape index (κ1) is 29.2. The Morgan fingerprint density at radius 3 is 2.52 bits per heavy atom. The Bertz CT molecular complexity index is 1650. The average Bonchev–Trinajstić information content (AvgIpc) is 3.41. The minimum atomic E-state index is -4.68. The number of hydrogen-bond donors (Lipinski definition) is 3. The van der Waals surface area contributed by atoms with E-state index in [1.54, 1.807) is 0 Å². The summed E-state index contributed by atoms with van der Waals surface area (Å²) in [6.45, 7) is -1.46. The monoisotopic (exact) mass is 623 g/mol. The maximum absolute atomic E-state index is 13.3.